The van der Waals surface area contributed by atoms with E-state index in [1.807, 2.05) is 0 Å². The zero-order chi connectivity index (χ0) is 6.86. The second kappa shape index (κ2) is 3.99. The van der Waals surface area contributed by atoms with E-state index in [1.54, 1.807) is 0 Å². The van der Waals surface area contributed by atoms with Gasteiger partial charge in [-0.25, -0.2) is 0 Å². The molecule has 0 unspecified atom stereocenters. The quantitative estimate of drug-likeness (QED) is 0.629. The highest BCUT2D eigenvalue weighted by atomic mass is 35.5. The van der Waals surface area contributed by atoms with Crippen LogP contribution in [0.1, 0.15) is 12.8 Å². The Kier molecular flexibility index (Phi) is 3.50. The summed E-state index contributed by atoms with van der Waals surface area (Å²) in [5.74, 6) is 1.28. The molecule has 0 saturated carbocycles. The molecule has 0 bridgehead atoms. The van der Waals surface area contributed by atoms with Crippen LogP contribution < -0.4 is 5.32 Å². The number of ether oxygens (including phenoxy) is 1. The zero-order valence-electron chi connectivity index (χ0n) is 6.47. The van der Waals surface area contributed by atoms with E-state index in [2.05, 4.69) is 17.1 Å². The Morgan fingerprint density at radius 1 is 1.27 bits per heavy atom. The molecular weight excluding hydrogens is 182 g/mol. The molecule has 1 N–H and O–H groups in total. The number of hydrogen-bond donors (Lipinski definition) is 1. The molecule has 0 amide bonds. The van der Waals surface area contributed by atoms with E-state index in [9.17, 15) is 0 Å². The average molecular weight is 196 g/mol. The van der Waals surface area contributed by atoms with Crippen LogP contribution in [-0.2, 0) is 4.74 Å². The maximum atomic E-state index is 5.30. The Balaban J connectivity index is 0.000000605. The van der Waals surface area contributed by atoms with E-state index in [4.69, 9.17) is 4.74 Å². The number of nitrogens with one attached hydrogen (secondary N) is 1. The van der Waals surface area contributed by atoms with E-state index in [0.717, 1.165) is 13.2 Å². The van der Waals surface area contributed by atoms with Crippen molar-refractivity contribution in [3.8, 4) is 0 Å². The second-order valence-electron chi connectivity index (χ2n) is 2.88. The van der Waals surface area contributed by atoms with Crippen LogP contribution in [0, 0.1) is 0 Å². The van der Waals surface area contributed by atoms with Gasteiger partial charge in [-0.1, -0.05) is 0 Å². The lowest BCUT2D eigenvalue weighted by atomic mass is 10.1. The lowest BCUT2D eigenvalue weighted by Gasteiger charge is -2.32. The fourth-order valence-electron chi connectivity index (χ4n) is 1.60. The molecule has 0 radical (unpaired) electrons. The van der Waals surface area contributed by atoms with Crippen molar-refractivity contribution >= 4 is 24.2 Å². The second-order valence-corrected chi connectivity index (χ2v) is 4.36. The molecule has 2 saturated heterocycles. The summed E-state index contributed by atoms with van der Waals surface area (Å²) < 4.78 is 5.30. The summed E-state index contributed by atoms with van der Waals surface area (Å²) in [7, 11) is 0. The van der Waals surface area contributed by atoms with Gasteiger partial charge in [0.1, 0.15) is 0 Å². The molecule has 11 heavy (non-hydrogen) atoms. The average Bonchev–Trinajstić information content (AvgIpc) is 2.39. The van der Waals surface area contributed by atoms with E-state index in [0.29, 0.717) is 4.87 Å². The summed E-state index contributed by atoms with van der Waals surface area (Å²) in [6.07, 6.45) is 2.38. The number of hydrogen-bond acceptors (Lipinski definition) is 3. The van der Waals surface area contributed by atoms with Crippen molar-refractivity contribution in [3.05, 3.63) is 0 Å². The summed E-state index contributed by atoms with van der Waals surface area (Å²) in [6, 6.07) is 0. The molecule has 2 nitrogen and oxygen atoms in total. The van der Waals surface area contributed by atoms with Crippen molar-refractivity contribution < 1.29 is 4.74 Å². The SMILES string of the molecule is C1CSC2(CCOCC2)N1.Cl. The maximum absolute atomic E-state index is 5.30. The Morgan fingerprint density at radius 2 is 2.00 bits per heavy atom. The number of thioether (sulfide) groups is 1. The number of halogens is 1. The van der Waals surface area contributed by atoms with E-state index in [-0.39, 0.29) is 12.4 Å². The molecular formula is C7H14ClNOS. The molecule has 0 atom stereocenters. The summed E-state index contributed by atoms with van der Waals surface area (Å²) in [4.78, 5) is 0.415. The predicted octanol–water partition coefficient (Wildman–Crippen LogP) is 1.25. The van der Waals surface area contributed by atoms with Crippen LogP contribution in [-0.4, -0.2) is 30.4 Å². The van der Waals surface area contributed by atoms with Gasteiger partial charge in [-0.05, 0) is 12.8 Å². The van der Waals surface area contributed by atoms with Crippen LogP contribution in [0.25, 0.3) is 0 Å². The molecule has 2 fully saturated rings. The van der Waals surface area contributed by atoms with Gasteiger partial charge in [0, 0.05) is 25.5 Å². The van der Waals surface area contributed by atoms with Crippen molar-refractivity contribution in [1.29, 1.82) is 0 Å². The lowest BCUT2D eigenvalue weighted by molar-refractivity contribution is 0.0712. The van der Waals surface area contributed by atoms with E-state index in [1.165, 1.54) is 25.1 Å². The first-order valence-corrected chi connectivity index (χ1v) is 4.87. The zero-order valence-corrected chi connectivity index (χ0v) is 8.10. The van der Waals surface area contributed by atoms with Crippen LogP contribution in [0.2, 0.25) is 0 Å². The minimum absolute atomic E-state index is 0. The van der Waals surface area contributed by atoms with E-state index >= 15 is 0 Å². The third kappa shape index (κ3) is 2.02. The smallest absolute Gasteiger partial charge is 0.0690 e. The van der Waals surface area contributed by atoms with E-state index < -0.39 is 0 Å². The fraction of sp³-hybridized carbons (Fsp3) is 1.00. The first kappa shape index (κ1) is 9.65. The molecule has 0 aliphatic carbocycles. The van der Waals surface area contributed by atoms with Crippen LogP contribution in [0.3, 0.4) is 0 Å². The van der Waals surface area contributed by atoms with Gasteiger partial charge in [0.2, 0.25) is 0 Å². The van der Waals surface area contributed by atoms with Crippen molar-refractivity contribution in [1.82, 2.24) is 5.32 Å². The van der Waals surface area contributed by atoms with Gasteiger partial charge in [-0.2, -0.15) is 0 Å². The highest BCUT2D eigenvalue weighted by molar-refractivity contribution is 8.00. The largest absolute Gasteiger partial charge is 0.381 e. The molecule has 0 aromatic heterocycles. The molecule has 2 rings (SSSR count). The van der Waals surface area contributed by atoms with Crippen molar-refractivity contribution in [2.75, 3.05) is 25.5 Å². The van der Waals surface area contributed by atoms with Gasteiger partial charge in [-0.15, -0.1) is 24.2 Å². The van der Waals surface area contributed by atoms with Gasteiger partial charge < -0.3 is 10.1 Å². The van der Waals surface area contributed by atoms with Gasteiger partial charge in [-0.3, -0.25) is 0 Å². The van der Waals surface area contributed by atoms with Crippen LogP contribution in [0.4, 0.5) is 0 Å². The minimum atomic E-state index is 0. The molecule has 1 spiro atoms. The first-order valence-electron chi connectivity index (χ1n) is 3.88. The lowest BCUT2D eigenvalue weighted by Crippen LogP contribution is -2.42. The maximum Gasteiger partial charge on any atom is 0.0690 e. The highest BCUT2D eigenvalue weighted by Crippen LogP contribution is 2.35. The third-order valence-corrected chi connectivity index (χ3v) is 3.74. The fourth-order valence-corrected chi connectivity index (χ4v) is 2.85. The van der Waals surface area contributed by atoms with Crippen molar-refractivity contribution in [2.45, 2.75) is 17.7 Å². The summed E-state index contributed by atoms with van der Waals surface area (Å²) in [5, 5.41) is 3.55. The molecule has 4 heteroatoms. The summed E-state index contributed by atoms with van der Waals surface area (Å²) >= 11 is 2.07. The Labute approximate surface area is 77.9 Å². The van der Waals surface area contributed by atoms with Gasteiger partial charge in [0.15, 0.2) is 0 Å². The Bertz CT molecular complexity index is 120. The molecule has 0 aromatic rings. The van der Waals surface area contributed by atoms with Gasteiger partial charge in [0.05, 0.1) is 4.87 Å². The van der Waals surface area contributed by atoms with Crippen molar-refractivity contribution in [2.24, 2.45) is 0 Å². The normalized spacial score (nSPS) is 28.4. The standard InChI is InChI=1S/C7H13NOS.ClH/c1-4-9-5-2-7(1)8-3-6-10-7;/h8H,1-6H2;1H. The highest BCUT2D eigenvalue weighted by Gasteiger charge is 2.35. The van der Waals surface area contributed by atoms with Crippen LogP contribution >= 0.6 is 24.2 Å². The minimum Gasteiger partial charge on any atom is -0.381 e. The Morgan fingerprint density at radius 3 is 2.55 bits per heavy atom. The number of rotatable bonds is 0. The Hall–Kier alpha value is 0.560. The molecule has 2 aliphatic rings. The van der Waals surface area contributed by atoms with Crippen LogP contribution in [0.15, 0.2) is 0 Å². The first-order chi connectivity index (χ1) is 4.91. The van der Waals surface area contributed by atoms with Crippen LogP contribution in [0.5, 0.6) is 0 Å². The molecule has 66 valence electrons. The summed E-state index contributed by atoms with van der Waals surface area (Å²) in [5.41, 5.74) is 0. The topological polar surface area (TPSA) is 21.3 Å². The van der Waals surface area contributed by atoms with Gasteiger partial charge >= 0.3 is 0 Å². The predicted molar refractivity (Wildman–Crippen MR) is 50.5 cm³/mol. The third-order valence-electron chi connectivity index (χ3n) is 2.23. The molecule has 2 heterocycles. The van der Waals surface area contributed by atoms with Gasteiger partial charge in [0.25, 0.3) is 0 Å². The van der Waals surface area contributed by atoms with Crippen molar-refractivity contribution in [3.63, 3.8) is 0 Å². The summed E-state index contributed by atoms with van der Waals surface area (Å²) in [6.45, 7) is 3.07. The molecule has 0 aromatic carbocycles. The monoisotopic (exact) mass is 195 g/mol. The molecule has 2 aliphatic heterocycles.